The molecule has 2 aromatic rings. The molecule has 1 N–H and O–H groups in total. The van der Waals surface area contributed by atoms with E-state index in [2.05, 4.69) is 22.2 Å². The van der Waals surface area contributed by atoms with Crippen LogP contribution in [-0.4, -0.2) is 28.8 Å². The SMILES string of the molecule is CC(CCC(=O)c1cc(-c2ccc(Cl)c(Cl)c2)ncn1)C1CCNC1. The van der Waals surface area contributed by atoms with Crippen LogP contribution in [0.25, 0.3) is 11.3 Å². The Bertz CT molecular complexity index is 760. The minimum Gasteiger partial charge on any atom is -0.316 e. The van der Waals surface area contributed by atoms with E-state index in [0.717, 1.165) is 25.1 Å². The van der Waals surface area contributed by atoms with E-state index in [1.165, 1.54) is 12.7 Å². The van der Waals surface area contributed by atoms with Crippen LogP contribution in [0.2, 0.25) is 10.0 Å². The monoisotopic (exact) mass is 377 g/mol. The van der Waals surface area contributed by atoms with E-state index < -0.39 is 0 Å². The average Bonchev–Trinajstić information content (AvgIpc) is 3.16. The van der Waals surface area contributed by atoms with Crippen molar-refractivity contribution in [2.75, 3.05) is 13.1 Å². The molecule has 6 heteroatoms. The van der Waals surface area contributed by atoms with E-state index in [4.69, 9.17) is 23.2 Å². The van der Waals surface area contributed by atoms with Gasteiger partial charge in [-0.3, -0.25) is 4.79 Å². The van der Waals surface area contributed by atoms with Crippen LogP contribution in [0.5, 0.6) is 0 Å². The first-order valence-corrected chi connectivity index (χ1v) is 9.31. The molecule has 1 aliphatic rings. The molecule has 2 heterocycles. The van der Waals surface area contributed by atoms with Gasteiger partial charge in [0.05, 0.1) is 15.7 Å². The highest BCUT2D eigenvalue weighted by atomic mass is 35.5. The molecule has 3 rings (SSSR count). The molecule has 1 aromatic carbocycles. The van der Waals surface area contributed by atoms with Crippen LogP contribution in [0.15, 0.2) is 30.6 Å². The Morgan fingerprint density at radius 3 is 2.84 bits per heavy atom. The molecule has 1 fully saturated rings. The van der Waals surface area contributed by atoms with Gasteiger partial charge in [0.15, 0.2) is 5.78 Å². The summed E-state index contributed by atoms with van der Waals surface area (Å²) in [5.41, 5.74) is 1.94. The molecule has 0 amide bonds. The summed E-state index contributed by atoms with van der Waals surface area (Å²) >= 11 is 12.0. The van der Waals surface area contributed by atoms with E-state index in [0.29, 0.717) is 39.7 Å². The van der Waals surface area contributed by atoms with Crippen molar-refractivity contribution in [2.24, 2.45) is 11.8 Å². The fourth-order valence-corrected chi connectivity index (χ4v) is 3.51. The second kappa shape index (κ2) is 8.26. The largest absolute Gasteiger partial charge is 0.316 e. The molecule has 0 radical (unpaired) electrons. The van der Waals surface area contributed by atoms with Crippen molar-refractivity contribution in [3.8, 4) is 11.3 Å². The fourth-order valence-electron chi connectivity index (χ4n) is 3.21. The standard InChI is InChI=1S/C19H21Cl2N3O/c1-12(14-6-7-22-10-14)2-5-19(25)18-9-17(23-11-24-18)13-3-4-15(20)16(21)8-13/h3-4,8-9,11-12,14,22H,2,5-7,10H2,1H3. The quantitative estimate of drug-likeness (QED) is 0.743. The number of nitrogens with one attached hydrogen (secondary N) is 1. The number of Topliss-reactive ketones (excluding diaryl/α,β-unsaturated/α-hetero) is 1. The fraction of sp³-hybridized carbons (Fsp3) is 0.421. The molecular weight excluding hydrogens is 357 g/mol. The third-order valence-corrected chi connectivity index (χ3v) is 5.64. The van der Waals surface area contributed by atoms with Gasteiger partial charge in [-0.25, -0.2) is 9.97 Å². The highest BCUT2D eigenvalue weighted by molar-refractivity contribution is 6.42. The molecule has 132 valence electrons. The molecule has 0 bridgehead atoms. The second-order valence-corrected chi connectivity index (χ2v) is 7.42. The van der Waals surface area contributed by atoms with Gasteiger partial charge in [-0.1, -0.05) is 36.2 Å². The van der Waals surface area contributed by atoms with Crippen molar-refractivity contribution < 1.29 is 4.79 Å². The number of nitrogens with zero attached hydrogens (tertiary/aromatic N) is 2. The Labute approximate surface area is 158 Å². The maximum absolute atomic E-state index is 12.5. The van der Waals surface area contributed by atoms with Crippen LogP contribution in [0.1, 0.15) is 36.7 Å². The minimum absolute atomic E-state index is 0.0570. The summed E-state index contributed by atoms with van der Waals surface area (Å²) in [5.74, 6) is 1.27. The van der Waals surface area contributed by atoms with Crippen molar-refractivity contribution in [1.29, 1.82) is 0 Å². The summed E-state index contributed by atoms with van der Waals surface area (Å²) in [6.45, 7) is 4.37. The van der Waals surface area contributed by atoms with E-state index >= 15 is 0 Å². The summed E-state index contributed by atoms with van der Waals surface area (Å²) < 4.78 is 0. The van der Waals surface area contributed by atoms with Gasteiger partial charge in [-0.05, 0) is 56.0 Å². The van der Waals surface area contributed by atoms with Gasteiger partial charge in [0.25, 0.3) is 0 Å². The predicted octanol–water partition coefficient (Wildman–Crippen LogP) is 4.66. The molecular formula is C19H21Cl2N3O. The molecule has 0 saturated carbocycles. The van der Waals surface area contributed by atoms with Crippen LogP contribution in [0, 0.1) is 11.8 Å². The smallest absolute Gasteiger partial charge is 0.181 e. The number of halogens is 2. The minimum atomic E-state index is 0.0570. The van der Waals surface area contributed by atoms with Crippen molar-refractivity contribution in [3.05, 3.63) is 46.3 Å². The van der Waals surface area contributed by atoms with Crippen LogP contribution < -0.4 is 5.32 Å². The number of benzene rings is 1. The van der Waals surface area contributed by atoms with Gasteiger partial charge < -0.3 is 5.32 Å². The van der Waals surface area contributed by atoms with E-state index in [9.17, 15) is 4.79 Å². The molecule has 25 heavy (non-hydrogen) atoms. The summed E-state index contributed by atoms with van der Waals surface area (Å²) in [4.78, 5) is 20.9. The molecule has 4 nitrogen and oxygen atoms in total. The average molecular weight is 378 g/mol. The number of rotatable bonds is 6. The lowest BCUT2D eigenvalue weighted by atomic mass is 9.88. The summed E-state index contributed by atoms with van der Waals surface area (Å²) in [5, 5.41) is 4.34. The van der Waals surface area contributed by atoms with Gasteiger partial charge in [0.1, 0.15) is 12.0 Å². The maximum atomic E-state index is 12.5. The molecule has 2 atom stereocenters. The molecule has 0 aliphatic carbocycles. The van der Waals surface area contributed by atoms with Gasteiger partial charge in [-0.2, -0.15) is 0 Å². The molecule has 0 spiro atoms. The Balaban J connectivity index is 1.67. The van der Waals surface area contributed by atoms with Gasteiger partial charge >= 0.3 is 0 Å². The third kappa shape index (κ3) is 4.57. The topological polar surface area (TPSA) is 54.9 Å². The predicted molar refractivity (Wildman–Crippen MR) is 101 cm³/mol. The van der Waals surface area contributed by atoms with Crippen molar-refractivity contribution in [1.82, 2.24) is 15.3 Å². The highest BCUT2D eigenvalue weighted by Crippen LogP contribution is 2.28. The first-order valence-electron chi connectivity index (χ1n) is 8.56. The number of carbonyl (C=O) groups is 1. The van der Waals surface area contributed by atoms with E-state index in [1.54, 1.807) is 18.2 Å². The van der Waals surface area contributed by atoms with Crippen molar-refractivity contribution in [3.63, 3.8) is 0 Å². The van der Waals surface area contributed by atoms with Crippen LogP contribution in [0.3, 0.4) is 0 Å². The molecule has 1 aliphatic heterocycles. The summed E-state index contributed by atoms with van der Waals surface area (Å²) in [6.07, 6.45) is 4.02. The zero-order valence-corrected chi connectivity index (χ0v) is 15.6. The normalized spacial score (nSPS) is 18.3. The lowest BCUT2D eigenvalue weighted by Gasteiger charge is -2.17. The third-order valence-electron chi connectivity index (χ3n) is 4.90. The van der Waals surface area contributed by atoms with Crippen molar-refractivity contribution in [2.45, 2.75) is 26.2 Å². The van der Waals surface area contributed by atoms with E-state index in [-0.39, 0.29) is 5.78 Å². The number of hydrogen-bond acceptors (Lipinski definition) is 4. The number of aromatic nitrogens is 2. The maximum Gasteiger partial charge on any atom is 0.181 e. The number of hydrogen-bond donors (Lipinski definition) is 1. The zero-order chi connectivity index (χ0) is 17.8. The first kappa shape index (κ1) is 18.3. The molecule has 1 saturated heterocycles. The summed E-state index contributed by atoms with van der Waals surface area (Å²) in [6, 6.07) is 7.03. The Kier molecular flexibility index (Phi) is 6.05. The summed E-state index contributed by atoms with van der Waals surface area (Å²) in [7, 11) is 0. The van der Waals surface area contributed by atoms with Gasteiger partial charge in [0.2, 0.25) is 0 Å². The molecule has 2 unspecified atom stereocenters. The lowest BCUT2D eigenvalue weighted by Crippen LogP contribution is -2.16. The van der Waals surface area contributed by atoms with Gasteiger partial charge in [0, 0.05) is 12.0 Å². The first-order chi connectivity index (χ1) is 12.0. The van der Waals surface area contributed by atoms with E-state index in [1.807, 2.05) is 6.07 Å². The number of carbonyl (C=O) groups excluding carboxylic acids is 1. The Hall–Kier alpha value is -1.49. The molecule has 1 aromatic heterocycles. The Morgan fingerprint density at radius 2 is 2.12 bits per heavy atom. The van der Waals surface area contributed by atoms with Crippen LogP contribution in [0.4, 0.5) is 0 Å². The number of ketones is 1. The Morgan fingerprint density at radius 1 is 1.28 bits per heavy atom. The highest BCUT2D eigenvalue weighted by Gasteiger charge is 2.22. The van der Waals surface area contributed by atoms with Crippen molar-refractivity contribution >= 4 is 29.0 Å². The van der Waals surface area contributed by atoms with Crippen LogP contribution in [-0.2, 0) is 0 Å². The second-order valence-electron chi connectivity index (χ2n) is 6.61. The lowest BCUT2D eigenvalue weighted by molar-refractivity contribution is 0.0965. The van der Waals surface area contributed by atoms with Crippen LogP contribution >= 0.6 is 23.2 Å². The zero-order valence-electron chi connectivity index (χ0n) is 14.1. The van der Waals surface area contributed by atoms with Gasteiger partial charge in [-0.15, -0.1) is 0 Å².